The molecule has 3 rings (SSSR count). The van der Waals surface area contributed by atoms with Crippen LogP contribution in [0.2, 0.25) is 0 Å². The van der Waals surface area contributed by atoms with E-state index in [9.17, 15) is 14.9 Å². The molecular formula is C18H26N4O5. The standard InChI is InChI=1S/C16H20N4O5.C2H6/c1-18-9-10(6-12(17)16(21)22)15-13(18)7-11(8-14(15)20(23)24)19-2-4-25-5-3-19;1-2/h7-9,12H,2-6,17H2,1H3,(H,21,22);1-2H3. The Hall–Kier alpha value is -2.65. The number of non-ortho nitro benzene ring substituents is 1. The van der Waals surface area contributed by atoms with Gasteiger partial charge in [0.1, 0.15) is 6.04 Å². The van der Waals surface area contributed by atoms with Gasteiger partial charge in [0, 0.05) is 44.5 Å². The summed E-state index contributed by atoms with van der Waals surface area (Å²) in [7, 11) is 1.78. The van der Waals surface area contributed by atoms with Crippen LogP contribution >= 0.6 is 0 Å². The van der Waals surface area contributed by atoms with Gasteiger partial charge < -0.3 is 25.0 Å². The zero-order chi connectivity index (χ0) is 20.1. The Morgan fingerprint density at radius 2 is 2.00 bits per heavy atom. The number of nitro groups is 1. The van der Waals surface area contributed by atoms with Crippen molar-refractivity contribution in [3.63, 3.8) is 0 Å². The van der Waals surface area contributed by atoms with Crippen molar-refractivity contribution in [3.05, 3.63) is 34.0 Å². The Balaban J connectivity index is 0.00000126. The maximum Gasteiger partial charge on any atom is 0.320 e. The number of carbonyl (C=O) groups is 1. The average Bonchev–Trinajstić information content (AvgIpc) is 2.98. The van der Waals surface area contributed by atoms with Crippen LogP contribution in [0.5, 0.6) is 0 Å². The van der Waals surface area contributed by atoms with E-state index in [0.717, 1.165) is 5.69 Å². The summed E-state index contributed by atoms with van der Waals surface area (Å²) in [5.41, 5.74) is 7.59. The highest BCUT2D eigenvalue weighted by molar-refractivity contribution is 5.96. The Bertz CT molecular complexity index is 827. The van der Waals surface area contributed by atoms with E-state index < -0.39 is 16.9 Å². The molecule has 0 saturated carbocycles. The van der Waals surface area contributed by atoms with Crippen LogP contribution in [-0.4, -0.2) is 52.9 Å². The Morgan fingerprint density at radius 1 is 1.37 bits per heavy atom. The molecule has 0 spiro atoms. The summed E-state index contributed by atoms with van der Waals surface area (Å²) in [6.45, 7) is 6.50. The lowest BCUT2D eigenvalue weighted by Gasteiger charge is -2.28. The molecule has 1 aromatic carbocycles. The number of ether oxygens (including phenoxy) is 1. The third-order valence-electron chi connectivity index (χ3n) is 4.46. The van der Waals surface area contributed by atoms with Gasteiger partial charge in [-0.05, 0) is 11.6 Å². The maximum atomic E-state index is 11.6. The molecular weight excluding hydrogens is 352 g/mol. The Kier molecular flexibility index (Phi) is 6.75. The number of nitro benzene ring substituents is 1. The lowest BCUT2D eigenvalue weighted by Crippen LogP contribution is -2.36. The number of hydrogen-bond donors (Lipinski definition) is 2. The van der Waals surface area contributed by atoms with Gasteiger partial charge in [0.15, 0.2) is 0 Å². The second-order valence-corrected chi connectivity index (χ2v) is 6.13. The molecule has 1 aromatic heterocycles. The normalized spacial score (nSPS) is 15.2. The van der Waals surface area contributed by atoms with Crippen LogP contribution in [0.15, 0.2) is 18.3 Å². The first kappa shape index (κ1) is 20.7. The van der Waals surface area contributed by atoms with Gasteiger partial charge in [-0.15, -0.1) is 0 Å². The fourth-order valence-corrected chi connectivity index (χ4v) is 3.20. The third kappa shape index (κ3) is 4.37. The van der Waals surface area contributed by atoms with E-state index in [0.29, 0.717) is 42.8 Å². The van der Waals surface area contributed by atoms with Crippen LogP contribution in [0, 0.1) is 10.1 Å². The quantitative estimate of drug-likeness (QED) is 0.601. The number of carboxylic acids is 1. The van der Waals surface area contributed by atoms with Crippen LogP contribution < -0.4 is 10.6 Å². The number of aryl methyl sites for hydroxylation is 1. The van der Waals surface area contributed by atoms with Gasteiger partial charge in [0.05, 0.1) is 29.0 Å². The smallest absolute Gasteiger partial charge is 0.320 e. The van der Waals surface area contributed by atoms with Gasteiger partial charge in [-0.2, -0.15) is 0 Å². The van der Waals surface area contributed by atoms with Gasteiger partial charge in [-0.25, -0.2) is 0 Å². The highest BCUT2D eigenvalue weighted by atomic mass is 16.6. The number of nitrogens with zero attached hydrogens (tertiary/aromatic N) is 3. The Labute approximate surface area is 157 Å². The van der Waals surface area contributed by atoms with Crippen molar-refractivity contribution in [1.82, 2.24) is 4.57 Å². The molecule has 2 heterocycles. The molecule has 0 amide bonds. The first-order valence-electron chi connectivity index (χ1n) is 8.96. The summed E-state index contributed by atoms with van der Waals surface area (Å²) in [5, 5.41) is 21.1. The summed E-state index contributed by atoms with van der Waals surface area (Å²) < 4.78 is 7.10. The number of fused-ring (bicyclic) bond motifs is 1. The average molecular weight is 378 g/mol. The number of morpholine rings is 1. The lowest BCUT2D eigenvalue weighted by atomic mass is 10.0. The molecule has 1 fully saturated rings. The summed E-state index contributed by atoms with van der Waals surface area (Å²) in [5.74, 6) is -1.13. The Morgan fingerprint density at radius 3 is 2.56 bits per heavy atom. The molecule has 1 atom stereocenters. The molecule has 1 saturated heterocycles. The molecule has 2 aromatic rings. The molecule has 9 heteroatoms. The van der Waals surface area contributed by atoms with Gasteiger partial charge in [0.2, 0.25) is 0 Å². The van der Waals surface area contributed by atoms with Gasteiger partial charge >= 0.3 is 5.97 Å². The first-order chi connectivity index (χ1) is 12.9. The summed E-state index contributed by atoms with van der Waals surface area (Å²) in [6.07, 6.45) is 1.74. The van der Waals surface area contributed by atoms with E-state index in [1.165, 1.54) is 0 Å². The van der Waals surface area contributed by atoms with Crippen molar-refractivity contribution in [3.8, 4) is 0 Å². The second-order valence-electron chi connectivity index (χ2n) is 6.13. The minimum atomic E-state index is -1.13. The number of aliphatic carboxylic acids is 1. The molecule has 148 valence electrons. The summed E-state index contributed by atoms with van der Waals surface area (Å²) in [4.78, 5) is 24.3. The number of rotatable bonds is 5. The van der Waals surface area contributed by atoms with Crippen molar-refractivity contribution in [2.75, 3.05) is 31.2 Å². The maximum absolute atomic E-state index is 11.6. The lowest BCUT2D eigenvalue weighted by molar-refractivity contribution is -0.383. The minimum Gasteiger partial charge on any atom is -0.480 e. The number of benzene rings is 1. The molecule has 1 unspecified atom stereocenters. The summed E-state index contributed by atoms with van der Waals surface area (Å²) >= 11 is 0. The van der Waals surface area contributed by atoms with Crippen LogP contribution in [0.4, 0.5) is 11.4 Å². The number of nitrogens with two attached hydrogens (primary N) is 1. The predicted octanol–water partition coefficient (Wildman–Crippen LogP) is 1.90. The largest absolute Gasteiger partial charge is 0.480 e. The molecule has 9 nitrogen and oxygen atoms in total. The number of anilines is 1. The molecule has 27 heavy (non-hydrogen) atoms. The van der Waals surface area contributed by atoms with Gasteiger partial charge in [-0.3, -0.25) is 14.9 Å². The van der Waals surface area contributed by atoms with Crippen molar-refractivity contribution in [2.24, 2.45) is 12.8 Å². The number of hydrogen-bond acceptors (Lipinski definition) is 6. The summed E-state index contributed by atoms with van der Waals surface area (Å²) in [6, 6.07) is 2.33. The SMILES string of the molecule is CC.Cn1cc(CC(N)C(=O)O)c2c([N+](=O)[O-])cc(N3CCOCC3)cc21. The molecule has 1 aliphatic heterocycles. The predicted molar refractivity (Wildman–Crippen MR) is 103 cm³/mol. The van der Waals surface area contributed by atoms with E-state index in [-0.39, 0.29) is 12.1 Å². The zero-order valence-corrected chi connectivity index (χ0v) is 15.8. The highest BCUT2D eigenvalue weighted by Crippen LogP contribution is 2.35. The van der Waals surface area contributed by atoms with E-state index in [1.54, 1.807) is 23.9 Å². The van der Waals surface area contributed by atoms with Crippen LogP contribution in [0.25, 0.3) is 10.9 Å². The molecule has 0 aliphatic carbocycles. The molecule has 0 bridgehead atoms. The van der Waals surface area contributed by atoms with Crippen LogP contribution in [0.1, 0.15) is 19.4 Å². The molecule has 0 radical (unpaired) electrons. The highest BCUT2D eigenvalue weighted by Gasteiger charge is 2.25. The zero-order valence-electron chi connectivity index (χ0n) is 15.8. The molecule has 3 N–H and O–H groups in total. The second kappa shape index (κ2) is 8.83. The fourth-order valence-electron chi connectivity index (χ4n) is 3.20. The van der Waals surface area contributed by atoms with E-state index in [1.807, 2.05) is 24.8 Å². The fraction of sp³-hybridized carbons (Fsp3) is 0.500. The van der Waals surface area contributed by atoms with Crippen molar-refractivity contribution in [1.29, 1.82) is 0 Å². The number of carboxylic acid groups (broad SMARTS) is 1. The van der Waals surface area contributed by atoms with Crippen molar-refractivity contribution >= 4 is 28.2 Å². The third-order valence-corrected chi connectivity index (χ3v) is 4.46. The van der Waals surface area contributed by atoms with Gasteiger partial charge in [-0.1, -0.05) is 13.8 Å². The van der Waals surface area contributed by atoms with Crippen LogP contribution in [-0.2, 0) is 23.0 Å². The van der Waals surface area contributed by atoms with Crippen molar-refractivity contribution < 1.29 is 19.6 Å². The van der Waals surface area contributed by atoms with Crippen LogP contribution in [0.3, 0.4) is 0 Å². The first-order valence-corrected chi connectivity index (χ1v) is 8.96. The van der Waals surface area contributed by atoms with E-state index in [4.69, 9.17) is 15.6 Å². The minimum absolute atomic E-state index is 0.0322. The van der Waals surface area contributed by atoms with E-state index in [2.05, 4.69) is 0 Å². The van der Waals surface area contributed by atoms with Crippen molar-refractivity contribution in [2.45, 2.75) is 26.3 Å². The monoisotopic (exact) mass is 378 g/mol. The molecule has 1 aliphatic rings. The number of aromatic nitrogens is 1. The topological polar surface area (TPSA) is 124 Å². The van der Waals surface area contributed by atoms with E-state index >= 15 is 0 Å². The van der Waals surface area contributed by atoms with Gasteiger partial charge in [0.25, 0.3) is 5.69 Å².